The lowest BCUT2D eigenvalue weighted by Crippen LogP contribution is -2.20. The molecule has 0 spiro atoms. The largest absolute Gasteiger partial charge is 0.389 e. The molecule has 2 N–H and O–H groups in total. The van der Waals surface area contributed by atoms with Crippen LogP contribution in [0.15, 0.2) is 59.7 Å². The van der Waals surface area contributed by atoms with Crippen LogP contribution >= 0.6 is 12.2 Å². The Morgan fingerprint density at radius 2 is 1.86 bits per heavy atom. The van der Waals surface area contributed by atoms with Gasteiger partial charge in [0, 0.05) is 48.0 Å². The first kappa shape index (κ1) is 13.6. The maximum Gasteiger partial charge on any atom is 0.250 e. The fourth-order valence-corrected chi connectivity index (χ4v) is 2.54. The highest BCUT2D eigenvalue weighted by Gasteiger charge is 2.04. The molecule has 5 heteroatoms. The first-order valence-electron chi connectivity index (χ1n) is 6.69. The van der Waals surface area contributed by atoms with Gasteiger partial charge in [0.1, 0.15) is 4.99 Å². The summed E-state index contributed by atoms with van der Waals surface area (Å²) in [5, 5.41) is 1.10. The van der Waals surface area contributed by atoms with E-state index in [4.69, 9.17) is 18.0 Å². The van der Waals surface area contributed by atoms with Gasteiger partial charge in [-0.1, -0.05) is 18.3 Å². The van der Waals surface area contributed by atoms with Gasteiger partial charge >= 0.3 is 0 Å². The first-order chi connectivity index (χ1) is 10.1. The summed E-state index contributed by atoms with van der Waals surface area (Å²) in [6.45, 7) is 1.38. The van der Waals surface area contributed by atoms with Gasteiger partial charge in [-0.05, 0) is 30.3 Å². The number of aromatic nitrogens is 2. The smallest absolute Gasteiger partial charge is 0.250 e. The molecule has 0 fully saturated rings. The topological polar surface area (TPSA) is 52.9 Å². The van der Waals surface area contributed by atoms with Crippen LogP contribution in [0.25, 0.3) is 10.9 Å². The number of hydrogen-bond acceptors (Lipinski definition) is 2. The summed E-state index contributed by atoms with van der Waals surface area (Å²) in [5.74, 6) is 0. The van der Waals surface area contributed by atoms with E-state index in [1.165, 1.54) is 0 Å². The Balaban J connectivity index is 1.87. The van der Waals surface area contributed by atoms with Gasteiger partial charge in [-0.15, -0.1) is 0 Å². The molecule has 0 atom stereocenters. The van der Waals surface area contributed by atoms with Gasteiger partial charge in [0.25, 0.3) is 5.56 Å². The second kappa shape index (κ2) is 5.54. The Labute approximate surface area is 127 Å². The first-order valence-corrected chi connectivity index (χ1v) is 7.10. The van der Waals surface area contributed by atoms with E-state index < -0.39 is 0 Å². The fourth-order valence-electron chi connectivity index (χ4n) is 2.41. The van der Waals surface area contributed by atoms with E-state index in [1.807, 2.05) is 36.5 Å². The summed E-state index contributed by atoms with van der Waals surface area (Å²) in [6.07, 6.45) is 3.82. The zero-order valence-electron chi connectivity index (χ0n) is 11.4. The van der Waals surface area contributed by atoms with Gasteiger partial charge in [-0.2, -0.15) is 0 Å². The predicted octanol–water partition coefficient (Wildman–Crippen LogP) is 2.14. The number of benzene rings is 1. The average molecular weight is 297 g/mol. The molecular weight excluding hydrogens is 282 g/mol. The van der Waals surface area contributed by atoms with Crippen LogP contribution in [0.5, 0.6) is 0 Å². The summed E-state index contributed by atoms with van der Waals surface area (Å²) in [5.41, 5.74) is 7.65. The normalized spacial score (nSPS) is 10.9. The Bertz CT molecular complexity index is 863. The second-order valence-corrected chi connectivity index (χ2v) is 5.32. The highest BCUT2D eigenvalue weighted by atomic mass is 32.1. The van der Waals surface area contributed by atoms with Crippen LogP contribution in [-0.2, 0) is 13.1 Å². The highest BCUT2D eigenvalue weighted by Crippen LogP contribution is 2.17. The molecular formula is C16H15N3OS. The SMILES string of the molecule is NC(=S)c1ccc2c(ccn2CCn2ccccc2=O)c1. The van der Waals surface area contributed by atoms with Gasteiger partial charge in [-0.3, -0.25) is 4.79 Å². The summed E-state index contributed by atoms with van der Waals surface area (Å²) in [6, 6.07) is 13.1. The summed E-state index contributed by atoms with van der Waals surface area (Å²) < 4.78 is 3.83. The molecule has 3 aromatic rings. The van der Waals surface area contributed by atoms with E-state index in [2.05, 4.69) is 4.57 Å². The van der Waals surface area contributed by atoms with Crippen LogP contribution < -0.4 is 11.3 Å². The Hall–Kier alpha value is -2.40. The maximum atomic E-state index is 11.7. The molecule has 0 aliphatic carbocycles. The Morgan fingerprint density at radius 3 is 2.62 bits per heavy atom. The van der Waals surface area contributed by atoms with Crippen molar-refractivity contribution in [1.29, 1.82) is 0 Å². The molecule has 3 rings (SSSR count). The zero-order chi connectivity index (χ0) is 14.8. The van der Waals surface area contributed by atoms with E-state index in [1.54, 1.807) is 22.9 Å². The van der Waals surface area contributed by atoms with Crippen LogP contribution in [0, 0.1) is 0 Å². The van der Waals surface area contributed by atoms with Crippen molar-refractivity contribution >= 4 is 28.1 Å². The van der Waals surface area contributed by atoms with E-state index in [0.717, 1.165) is 23.0 Å². The van der Waals surface area contributed by atoms with Crippen LogP contribution in [0.4, 0.5) is 0 Å². The number of thiocarbonyl (C=S) groups is 1. The van der Waals surface area contributed by atoms with Crippen LogP contribution in [0.2, 0.25) is 0 Å². The zero-order valence-corrected chi connectivity index (χ0v) is 12.2. The molecule has 0 amide bonds. The van der Waals surface area contributed by atoms with Crippen molar-refractivity contribution in [1.82, 2.24) is 9.13 Å². The van der Waals surface area contributed by atoms with Gasteiger partial charge in [0.2, 0.25) is 0 Å². The monoisotopic (exact) mass is 297 g/mol. The minimum absolute atomic E-state index is 0.0183. The Kier molecular flexibility index (Phi) is 3.58. The maximum absolute atomic E-state index is 11.7. The van der Waals surface area contributed by atoms with Crippen molar-refractivity contribution in [2.75, 3.05) is 0 Å². The Morgan fingerprint density at radius 1 is 1.05 bits per heavy atom. The molecule has 0 saturated heterocycles. The van der Waals surface area contributed by atoms with E-state index >= 15 is 0 Å². The lowest BCUT2D eigenvalue weighted by atomic mass is 10.1. The van der Waals surface area contributed by atoms with Crippen molar-refractivity contribution < 1.29 is 0 Å². The predicted molar refractivity (Wildman–Crippen MR) is 88.5 cm³/mol. The number of nitrogens with two attached hydrogens (primary N) is 1. The van der Waals surface area contributed by atoms with Crippen molar-refractivity contribution in [3.63, 3.8) is 0 Å². The number of pyridine rings is 1. The lowest BCUT2D eigenvalue weighted by molar-refractivity contribution is 0.577. The molecule has 106 valence electrons. The van der Waals surface area contributed by atoms with Crippen molar-refractivity contribution in [3.8, 4) is 0 Å². The van der Waals surface area contributed by atoms with Crippen LogP contribution in [0.3, 0.4) is 0 Å². The minimum Gasteiger partial charge on any atom is -0.389 e. The minimum atomic E-state index is 0.0183. The van der Waals surface area contributed by atoms with Crippen LogP contribution in [0.1, 0.15) is 5.56 Å². The van der Waals surface area contributed by atoms with E-state index in [0.29, 0.717) is 11.5 Å². The number of aryl methyl sites for hydroxylation is 2. The summed E-state index contributed by atoms with van der Waals surface area (Å²) in [7, 11) is 0. The molecule has 2 aromatic heterocycles. The van der Waals surface area contributed by atoms with Crippen molar-refractivity contribution in [2.24, 2.45) is 5.73 Å². The van der Waals surface area contributed by atoms with Crippen molar-refractivity contribution in [2.45, 2.75) is 13.1 Å². The fraction of sp³-hybridized carbons (Fsp3) is 0.125. The molecule has 0 aliphatic rings. The molecule has 0 aliphatic heterocycles. The van der Waals surface area contributed by atoms with Crippen LogP contribution in [-0.4, -0.2) is 14.1 Å². The van der Waals surface area contributed by atoms with Gasteiger partial charge in [0.15, 0.2) is 0 Å². The molecule has 0 saturated carbocycles. The molecule has 21 heavy (non-hydrogen) atoms. The average Bonchev–Trinajstić information content (AvgIpc) is 2.88. The third-order valence-corrected chi connectivity index (χ3v) is 3.77. The molecule has 4 nitrogen and oxygen atoms in total. The molecule has 0 unspecified atom stereocenters. The third-order valence-electron chi connectivity index (χ3n) is 3.54. The second-order valence-electron chi connectivity index (χ2n) is 4.88. The van der Waals surface area contributed by atoms with Gasteiger partial charge in [-0.25, -0.2) is 0 Å². The molecule has 2 heterocycles. The number of hydrogen-bond donors (Lipinski definition) is 1. The molecule has 0 bridgehead atoms. The number of fused-ring (bicyclic) bond motifs is 1. The van der Waals surface area contributed by atoms with Gasteiger partial charge in [0.05, 0.1) is 0 Å². The quantitative estimate of drug-likeness (QED) is 0.751. The van der Waals surface area contributed by atoms with E-state index in [-0.39, 0.29) is 5.56 Å². The molecule has 0 radical (unpaired) electrons. The van der Waals surface area contributed by atoms with Gasteiger partial charge < -0.3 is 14.9 Å². The third kappa shape index (κ3) is 2.73. The standard InChI is InChI=1S/C16H15N3OS/c17-16(21)13-4-5-14-12(11-13)6-8-18(14)9-10-19-7-2-1-3-15(19)20/h1-8,11H,9-10H2,(H2,17,21). The number of rotatable bonds is 4. The summed E-state index contributed by atoms with van der Waals surface area (Å²) >= 11 is 4.99. The lowest BCUT2D eigenvalue weighted by Gasteiger charge is -2.08. The summed E-state index contributed by atoms with van der Waals surface area (Å²) in [4.78, 5) is 12.1. The molecule has 1 aromatic carbocycles. The van der Waals surface area contributed by atoms with E-state index in [9.17, 15) is 4.79 Å². The van der Waals surface area contributed by atoms with Crippen molar-refractivity contribution in [3.05, 3.63) is 70.8 Å². The highest BCUT2D eigenvalue weighted by molar-refractivity contribution is 7.80. The number of nitrogens with zero attached hydrogens (tertiary/aromatic N) is 2.